The molecule has 0 amide bonds. The molecule has 1 aliphatic carbocycles. The van der Waals surface area contributed by atoms with E-state index in [0.29, 0.717) is 5.82 Å². The van der Waals surface area contributed by atoms with E-state index in [2.05, 4.69) is 15.2 Å². The van der Waals surface area contributed by atoms with E-state index < -0.39 is 0 Å². The van der Waals surface area contributed by atoms with Crippen LogP contribution in [0, 0.1) is 0 Å². The highest BCUT2D eigenvalue weighted by Crippen LogP contribution is 2.37. The molecule has 3 heterocycles. The molecule has 3 N–H and O–H groups in total. The van der Waals surface area contributed by atoms with Gasteiger partial charge in [0.1, 0.15) is 10.6 Å². The van der Waals surface area contributed by atoms with Crippen molar-refractivity contribution in [3.8, 4) is 0 Å². The van der Waals surface area contributed by atoms with Crippen LogP contribution in [0.3, 0.4) is 0 Å². The molecule has 2 aromatic heterocycles. The lowest BCUT2D eigenvalue weighted by atomic mass is 10.1. The largest absolute Gasteiger partial charge is 0.383 e. The smallest absolute Gasteiger partial charge is 0.228 e. The van der Waals surface area contributed by atoms with Gasteiger partial charge in [0, 0.05) is 31.1 Å². The minimum Gasteiger partial charge on any atom is -0.383 e. The van der Waals surface area contributed by atoms with E-state index >= 15 is 0 Å². The number of thiophene rings is 1. The van der Waals surface area contributed by atoms with E-state index in [9.17, 15) is 0 Å². The number of nitrogens with one attached hydrogen (secondary N) is 1. The summed E-state index contributed by atoms with van der Waals surface area (Å²) in [5.74, 6) is 1.48. The van der Waals surface area contributed by atoms with Crippen molar-refractivity contribution in [2.75, 3.05) is 36.8 Å². The molecular formula is C15H21N5S. The second-order valence-corrected chi connectivity index (χ2v) is 6.97. The van der Waals surface area contributed by atoms with Crippen LogP contribution < -0.4 is 16.0 Å². The molecule has 21 heavy (non-hydrogen) atoms. The fraction of sp³-hybridized carbons (Fsp3) is 0.600. The van der Waals surface area contributed by atoms with Gasteiger partial charge in [0.15, 0.2) is 0 Å². The van der Waals surface area contributed by atoms with Crippen molar-refractivity contribution in [2.24, 2.45) is 0 Å². The van der Waals surface area contributed by atoms with Gasteiger partial charge in [-0.2, -0.15) is 4.98 Å². The fourth-order valence-corrected chi connectivity index (χ4v) is 4.62. The molecule has 0 radical (unpaired) electrons. The van der Waals surface area contributed by atoms with Crippen molar-refractivity contribution in [1.29, 1.82) is 0 Å². The van der Waals surface area contributed by atoms with E-state index in [1.165, 1.54) is 36.1 Å². The zero-order valence-corrected chi connectivity index (χ0v) is 13.0. The van der Waals surface area contributed by atoms with Crippen molar-refractivity contribution < 1.29 is 0 Å². The molecule has 0 atom stereocenters. The second kappa shape index (κ2) is 5.42. The number of hydrogen-bond donors (Lipinski definition) is 2. The molecule has 2 aliphatic rings. The Hall–Kier alpha value is -1.40. The Labute approximate surface area is 128 Å². The molecular weight excluding hydrogens is 282 g/mol. The van der Waals surface area contributed by atoms with Gasteiger partial charge in [-0.15, -0.1) is 11.3 Å². The lowest BCUT2D eigenvalue weighted by molar-refractivity contribution is 0.581. The summed E-state index contributed by atoms with van der Waals surface area (Å²) < 4.78 is 0. The van der Waals surface area contributed by atoms with Gasteiger partial charge >= 0.3 is 0 Å². The summed E-state index contributed by atoms with van der Waals surface area (Å²) in [7, 11) is 0. The molecule has 6 heteroatoms. The average Bonchev–Trinajstić information content (AvgIpc) is 2.71. The highest BCUT2D eigenvalue weighted by atomic mass is 32.1. The minimum atomic E-state index is 0.674. The standard InChI is InChI=1S/C15H21N5S/c16-13-12-10-4-2-1-3-5-11(10)21-14(12)19-15(18-13)20-8-6-17-7-9-20/h17H,1-9H2,(H2,16,18,19). The van der Waals surface area contributed by atoms with Gasteiger partial charge in [-0.3, -0.25) is 0 Å². The number of fused-ring (bicyclic) bond motifs is 3. The summed E-state index contributed by atoms with van der Waals surface area (Å²) >= 11 is 1.83. The Morgan fingerprint density at radius 1 is 1.05 bits per heavy atom. The first-order valence-electron chi connectivity index (χ1n) is 7.86. The van der Waals surface area contributed by atoms with Crippen LogP contribution in [0.2, 0.25) is 0 Å². The van der Waals surface area contributed by atoms with Gasteiger partial charge in [-0.1, -0.05) is 6.42 Å². The van der Waals surface area contributed by atoms with Gasteiger partial charge in [-0.25, -0.2) is 4.98 Å². The summed E-state index contributed by atoms with van der Waals surface area (Å²) in [5.41, 5.74) is 7.72. The molecule has 2 aromatic rings. The molecule has 0 bridgehead atoms. The number of nitrogens with zero attached hydrogens (tertiary/aromatic N) is 3. The summed E-state index contributed by atoms with van der Waals surface area (Å²) in [4.78, 5) is 14.2. The minimum absolute atomic E-state index is 0.674. The third-order valence-corrected chi connectivity index (χ3v) is 5.67. The number of hydrogen-bond acceptors (Lipinski definition) is 6. The SMILES string of the molecule is Nc1nc(N2CCNCC2)nc2sc3c(c12)CCCCC3. The predicted molar refractivity (Wildman–Crippen MR) is 88.2 cm³/mol. The summed E-state index contributed by atoms with van der Waals surface area (Å²) in [6.07, 6.45) is 6.19. The number of nitrogens with two attached hydrogens (primary N) is 1. The molecule has 1 saturated heterocycles. The highest BCUT2D eigenvalue weighted by Gasteiger charge is 2.21. The molecule has 0 unspecified atom stereocenters. The maximum atomic E-state index is 6.30. The van der Waals surface area contributed by atoms with Crippen molar-refractivity contribution in [3.05, 3.63) is 10.4 Å². The summed E-state index contributed by atoms with van der Waals surface area (Å²) in [5, 5.41) is 4.49. The van der Waals surface area contributed by atoms with Crippen LogP contribution in [0.5, 0.6) is 0 Å². The zero-order chi connectivity index (χ0) is 14.2. The van der Waals surface area contributed by atoms with Crippen molar-refractivity contribution >= 4 is 33.3 Å². The molecule has 0 spiro atoms. The third kappa shape index (κ3) is 2.36. The van der Waals surface area contributed by atoms with Crippen LogP contribution in [0.25, 0.3) is 10.2 Å². The number of nitrogen functional groups attached to an aromatic ring is 1. The zero-order valence-electron chi connectivity index (χ0n) is 12.2. The topological polar surface area (TPSA) is 67.1 Å². The average molecular weight is 303 g/mol. The number of aromatic nitrogens is 2. The summed E-state index contributed by atoms with van der Waals surface area (Å²) in [6, 6.07) is 0. The number of rotatable bonds is 1. The Bertz CT molecular complexity index is 660. The monoisotopic (exact) mass is 303 g/mol. The van der Waals surface area contributed by atoms with Gasteiger partial charge in [0.2, 0.25) is 5.95 Å². The van der Waals surface area contributed by atoms with Crippen molar-refractivity contribution in [2.45, 2.75) is 32.1 Å². The summed E-state index contributed by atoms with van der Waals surface area (Å²) in [6.45, 7) is 3.89. The van der Waals surface area contributed by atoms with E-state index in [0.717, 1.165) is 48.8 Å². The maximum Gasteiger partial charge on any atom is 0.228 e. The number of piperazine rings is 1. The second-order valence-electron chi connectivity index (χ2n) is 5.89. The van der Waals surface area contributed by atoms with Crippen LogP contribution >= 0.6 is 11.3 Å². The van der Waals surface area contributed by atoms with Crippen molar-refractivity contribution in [3.63, 3.8) is 0 Å². The van der Waals surface area contributed by atoms with Crippen LogP contribution in [0.1, 0.15) is 29.7 Å². The molecule has 112 valence electrons. The first-order valence-corrected chi connectivity index (χ1v) is 8.68. The lowest BCUT2D eigenvalue weighted by Crippen LogP contribution is -2.44. The van der Waals surface area contributed by atoms with Crippen LogP contribution in [-0.4, -0.2) is 36.1 Å². The number of aryl methyl sites for hydroxylation is 2. The van der Waals surface area contributed by atoms with E-state index in [-0.39, 0.29) is 0 Å². The van der Waals surface area contributed by atoms with Gasteiger partial charge in [-0.05, 0) is 31.2 Å². The maximum absolute atomic E-state index is 6.30. The van der Waals surface area contributed by atoms with Gasteiger partial charge < -0.3 is 16.0 Å². The van der Waals surface area contributed by atoms with Crippen LogP contribution in [0.4, 0.5) is 11.8 Å². The Morgan fingerprint density at radius 3 is 2.71 bits per heavy atom. The molecule has 1 aliphatic heterocycles. The van der Waals surface area contributed by atoms with Crippen molar-refractivity contribution in [1.82, 2.24) is 15.3 Å². The molecule has 0 saturated carbocycles. The van der Waals surface area contributed by atoms with Gasteiger partial charge in [0.05, 0.1) is 5.39 Å². The normalized spacial score (nSPS) is 19.5. The molecule has 4 rings (SSSR count). The van der Waals surface area contributed by atoms with E-state index in [4.69, 9.17) is 10.7 Å². The van der Waals surface area contributed by atoms with E-state index in [1.54, 1.807) is 0 Å². The quantitative estimate of drug-likeness (QED) is 0.788. The van der Waals surface area contributed by atoms with Crippen LogP contribution in [-0.2, 0) is 12.8 Å². The lowest BCUT2D eigenvalue weighted by Gasteiger charge is -2.27. The Morgan fingerprint density at radius 2 is 1.86 bits per heavy atom. The highest BCUT2D eigenvalue weighted by molar-refractivity contribution is 7.19. The molecule has 0 aromatic carbocycles. The third-order valence-electron chi connectivity index (χ3n) is 4.48. The Balaban J connectivity index is 1.79. The Kier molecular flexibility index (Phi) is 3.43. The van der Waals surface area contributed by atoms with Gasteiger partial charge in [0.25, 0.3) is 0 Å². The van der Waals surface area contributed by atoms with E-state index in [1.807, 2.05) is 11.3 Å². The first kappa shape index (κ1) is 13.3. The number of anilines is 2. The molecule has 1 fully saturated rings. The van der Waals surface area contributed by atoms with Crippen LogP contribution in [0.15, 0.2) is 0 Å². The fourth-order valence-electron chi connectivity index (χ4n) is 3.36. The predicted octanol–water partition coefficient (Wildman–Crippen LogP) is 1.95. The first-order chi connectivity index (χ1) is 10.3. The molecule has 5 nitrogen and oxygen atoms in total.